The second kappa shape index (κ2) is 13.8. The summed E-state index contributed by atoms with van der Waals surface area (Å²) in [6.45, 7) is 12.0. The summed E-state index contributed by atoms with van der Waals surface area (Å²) < 4.78 is 5.36. The van der Waals surface area contributed by atoms with Gasteiger partial charge in [0.05, 0.1) is 0 Å². The Kier molecular flexibility index (Phi) is 10.9. The predicted molar refractivity (Wildman–Crippen MR) is 170 cm³/mol. The van der Waals surface area contributed by atoms with Gasteiger partial charge in [0.25, 0.3) is 0 Å². The van der Waals surface area contributed by atoms with E-state index in [1.54, 1.807) is 41.5 Å². The van der Waals surface area contributed by atoms with Gasteiger partial charge in [0.2, 0.25) is 17.7 Å². The third kappa shape index (κ3) is 9.16. The van der Waals surface area contributed by atoms with Gasteiger partial charge >= 0.3 is 12.1 Å². The van der Waals surface area contributed by atoms with Crippen LogP contribution in [-0.2, 0) is 30.3 Å². The molecule has 45 heavy (non-hydrogen) atoms. The van der Waals surface area contributed by atoms with Gasteiger partial charge in [-0.05, 0) is 55.9 Å². The van der Waals surface area contributed by atoms with Crippen molar-refractivity contribution in [3.05, 3.63) is 48.0 Å². The van der Waals surface area contributed by atoms with Crippen molar-refractivity contribution in [1.82, 2.24) is 20.4 Å². The van der Waals surface area contributed by atoms with Crippen LogP contribution in [0.2, 0.25) is 0 Å². The number of likely N-dealkylation sites (tertiary alicyclic amines) is 1. The van der Waals surface area contributed by atoms with E-state index in [1.807, 2.05) is 42.5 Å². The molecule has 2 aromatic rings. The second-order valence-electron chi connectivity index (χ2n) is 13.9. The van der Waals surface area contributed by atoms with Crippen molar-refractivity contribution in [3.8, 4) is 0 Å². The van der Waals surface area contributed by atoms with Gasteiger partial charge in [-0.2, -0.15) is 0 Å². The highest BCUT2D eigenvalue weighted by molar-refractivity contribution is 5.95. The lowest BCUT2D eigenvalue weighted by Gasteiger charge is -2.37. The molecule has 4 amide bonds. The number of rotatable bonds is 9. The molecule has 0 saturated carbocycles. The summed E-state index contributed by atoms with van der Waals surface area (Å²) in [5.41, 5.74) is 5.39. The minimum atomic E-state index is -1.24. The molecule has 0 spiro atoms. The number of carbonyl (C=O) groups excluding carboxylic acids is 4. The minimum Gasteiger partial charge on any atom is -0.480 e. The molecule has 1 saturated heterocycles. The molecule has 1 heterocycles. The summed E-state index contributed by atoms with van der Waals surface area (Å²) >= 11 is 0. The molecule has 12 heteroatoms. The van der Waals surface area contributed by atoms with Crippen LogP contribution >= 0.6 is 0 Å². The Morgan fingerprint density at radius 2 is 1.64 bits per heavy atom. The summed E-state index contributed by atoms with van der Waals surface area (Å²) in [6, 6.07) is 8.46. The lowest BCUT2D eigenvalue weighted by Crippen LogP contribution is -2.60. The zero-order valence-electron chi connectivity index (χ0n) is 27.4. The Morgan fingerprint density at radius 3 is 2.22 bits per heavy atom. The van der Waals surface area contributed by atoms with Gasteiger partial charge in [-0.1, -0.05) is 63.2 Å². The number of carboxylic acids is 1. The number of likely N-dealkylation sites (N-methyl/N-ethyl adjacent to an activating group) is 1. The number of nitrogens with one attached hydrogen (secondary N) is 2. The fraction of sp³-hybridized carbons (Fsp3) is 0.545. The number of benzene rings is 2. The molecule has 1 aliphatic rings. The topological polar surface area (TPSA) is 171 Å². The number of nitrogens with zero attached hydrogens (tertiary/aromatic N) is 2. The molecule has 2 aromatic carbocycles. The first-order chi connectivity index (χ1) is 20.8. The number of ether oxygens (including phenoxy) is 1. The highest BCUT2D eigenvalue weighted by Gasteiger charge is 2.45. The van der Waals surface area contributed by atoms with Gasteiger partial charge in [0, 0.05) is 26.1 Å². The zero-order valence-corrected chi connectivity index (χ0v) is 27.4. The Labute approximate surface area is 264 Å². The van der Waals surface area contributed by atoms with Crippen LogP contribution in [0.4, 0.5) is 4.79 Å². The molecule has 1 aliphatic heterocycles. The van der Waals surface area contributed by atoms with E-state index in [-0.39, 0.29) is 19.4 Å². The van der Waals surface area contributed by atoms with Gasteiger partial charge in [0.15, 0.2) is 0 Å². The zero-order chi connectivity index (χ0) is 33.9. The Bertz CT molecular complexity index is 1430. The number of nitrogens with two attached hydrogens (primary N) is 1. The second-order valence-corrected chi connectivity index (χ2v) is 13.9. The molecule has 3 rings (SSSR count). The Balaban J connectivity index is 1.77. The lowest BCUT2D eigenvalue weighted by atomic mass is 9.85. The standard InChI is InChI=1S/C33H47N5O7/c1-19(37(8)31(44)45-33(5,6)7)27(39)36-26(32(2,3)4)29(41)38-18-23(34)17-25(38)28(40)35-24(30(42)43)16-20-13-14-21-11-9-10-12-22(21)15-20/h9-15,19,23-26H,16-18,34H2,1-8H3,(H,35,40)(H,36,39)(H,42,43). The summed E-state index contributed by atoms with van der Waals surface area (Å²) in [6.07, 6.45) is -0.520. The predicted octanol–water partition coefficient (Wildman–Crippen LogP) is 2.67. The number of carboxylic acid groups (broad SMARTS) is 1. The van der Waals surface area contributed by atoms with Crippen LogP contribution in [0.5, 0.6) is 0 Å². The van der Waals surface area contributed by atoms with Gasteiger partial charge in [-0.3, -0.25) is 19.3 Å². The molecular weight excluding hydrogens is 578 g/mol. The van der Waals surface area contributed by atoms with E-state index in [0.717, 1.165) is 21.2 Å². The third-order valence-electron chi connectivity index (χ3n) is 7.83. The average Bonchev–Trinajstić information content (AvgIpc) is 3.34. The molecule has 1 fully saturated rings. The van der Waals surface area contributed by atoms with Crippen LogP contribution in [0, 0.1) is 5.41 Å². The van der Waals surface area contributed by atoms with Crippen LogP contribution < -0.4 is 16.4 Å². The molecule has 12 nitrogen and oxygen atoms in total. The molecule has 5 unspecified atom stereocenters. The van der Waals surface area contributed by atoms with Crippen molar-refractivity contribution in [1.29, 1.82) is 0 Å². The Morgan fingerprint density at radius 1 is 1.02 bits per heavy atom. The number of aliphatic carboxylic acids is 1. The molecule has 5 N–H and O–H groups in total. The molecule has 0 aliphatic carbocycles. The SMILES string of the molecule is CC(C(=O)NC(C(=O)N1CC(N)CC1C(=O)NC(Cc1ccc2ccccc2c1)C(=O)O)C(C)(C)C)N(C)C(=O)OC(C)(C)C. The first-order valence-corrected chi connectivity index (χ1v) is 15.1. The van der Waals surface area contributed by atoms with Crippen molar-refractivity contribution in [3.63, 3.8) is 0 Å². The smallest absolute Gasteiger partial charge is 0.410 e. The summed E-state index contributed by atoms with van der Waals surface area (Å²) in [5.74, 6) is -2.96. The van der Waals surface area contributed by atoms with Crippen LogP contribution in [0.15, 0.2) is 42.5 Å². The fourth-order valence-electron chi connectivity index (χ4n) is 5.18. The van der Waals surface area contributed by atoms with E-state index >= 15 is 0 Å². The van der Waals surface area contributed by atoms with Crippen molar-refractivity contribution in [2.75, 3.05) is 13.6 Å². The summed E-state index contributed by atoms with van der Waals surface area (Å²) in [5, 5.41) is 17.3. The molecule has 246 valence electrons. The van der Waals surface area contributed by atoms with Gasteiger partial charge in [-0.25, -0.2) is 9.59 Å². The molecule has 0 aromatic heterocycles. The number of fused-ring (bicyclic) bond motifs is 1. The average molecular weight is 626 g/mol. The maximum absolute atomic E-state index is 14.0. The number of amides is 4. The van der Waals surface area contributed by atoms with Crippen molar-refractivity contribution in [2.45, 2.75) is 97.1 Å². The van der Waals surface area contributed by atoms with Crippen LogP contribution in [0.25, 0.3) is 10.8 Å². The molecular formula is C33H47N5O7. The molecule has 0 bridgehead atoms. The summed E-state index contributed by atoms with van der Waals surface area (Å²) in [4.78, 5) is 68.0. The maximum atomic E-state index is 14.0. The monoisotopic (exact) mass is 625 g/mol. The highest BCUT2D eigenvalue weighted by atomic mass is 16.6. The largest absolute Gasteiger partial charge is 0.480 e. The number of hydrogen-bond acceptors (Lipinski definition) is 7. The molecule has 0 radical (unpaired) electrons. The highest BCUT2D eigenvalue weighted by Crippen LogP contribution is 2.26. The van der Waals surface area contributed by atoms with Crippen LogP contribution in [0.1, 0.15) is 60.5 Å². The van der Waals surface area contributed by atoms with Crippen molar-refractivity contribution in [2.24, 2.45) is 11.1 Å². The van der Waals surface area contributed by atoms with Crippen LogP contribution in [0.3, 0.4) is 0 Å². The minimum absolute atomic E-state index is 0.0440. The quantitative estimate of drug-likeness (QED) is 0.329. The van der Waals surface area contributed by atoms with Crippen molar-refractivity contribution < 1.29 is 33.8 Å². The van der Waals surface area contributed by atoms with Crippen molar-refractivity contribution >= 4 is 40.6 Å². The van der Waals surface area contributed by atoms with Gasteiger partial charge in [0.1, 0.15) is 29.8 Å². The van der Waals surface area contributed by atoms with E-state index in [4.69, 9.17) is 10.5 Å². The number of hydrogen-bond donors (Lipinski definition) is 4. The van der Waals surface area contributed by atoms with E-state index in [2.05, 4.69) is 10.6 Å². The van der Waals surface area contributed by atoms with E-state index in [0.29, 0.717) is 0 Å². The first-order valence-electron chi connectivity index (χ1n) is 15.1. The Hall–Kier alpha value is -4.19. The van der Waals surface area contributed by atoms with E-state index < -0.39 is 71.0 Å². The summed E-state index contributed by atoms with van der Waals surface area (Å²) in [7, 11) is 1.43. The first kappa shape index (κ1) is 35.3. The van der Waals surface area contributed by atoms with Gasteiger partial charge in [-0.15, -0.1) is 0 Å². The fourth-order valence-corrected chi connectivity index (χ4v) is 5.18. The third-order valence-corrected chi connectivity index (χ3v) is 7.83. The van der Waals surface area contributed by atoms with E-state index in [9.17, 15) is 29.1 Å². The van der Waals surface area contributed by atoms with Crippen LogP contribution in [-0.4, -0.2) is 94.1 Å². The van der Waals surface area contributed by atoms with E-state index in [1.165, 1.54) is 18.9 Å². The maximum Gasteiger partial charge on any atom is 0.410 e. The van der Waals surface area contributed by atoms with Gasteiger partial charge < -0.3 is 31.1 Å². The molecule has 5 atom stereocenters. The normalized spacial score (nSPS) is 18.9. The number of carbonyl (C=O) groups is 5. The lowest BCUT2D eigenvalue weighted by molar-refractivity contribution is -0.146.